The van der Waals surface area contributed by atoms with Gasteiger partial charge in [-0.2, -0.15) is 0 Å². The van der Waals surface area contributed by atoms with Gasteiger partial charge in [-0.05, 0) is 63.6 Å². The number of rotatable bonds is 9. The third-order valence-electron chi connectivity index (χ3n) is 6.03. The van der Waals surface area contributed by atoms with Gasteiger partial charge in [0.25, 0.3) is 0 Å². The first kappa shape index (κ1) is 25.9. The summed E-state index contributed by atoms with van der Waals surface area (Å²) >= 11 is 0. The van der Waals surface area contributed by atoms with E-state index in [1.807, 2.05) is 44.3 Å². The fourth-order valence-electron chi connectivity index (χ4n) is 4.26. The van der Waals surface area contributed by atoms with Crippen molar-refractivity contribution in [3.05, 3.63) is 83.8 Å². The molecule has 0 aliphatic carbocycles. The van der Waals surface area contributed by atoms with Crippen molar-refractivity contribution in [1.29, 1.82) is 0 Å². The summed E-state index contributed by atoms with van der Waals surface area (Å²) in [5, 5.41) is 0. The smallest absolute Gasteiger partial charge is 0.242 e. The Balaban J connectivity index is 1.79. The first-order chi connectivity index (χ1) is 16.8. The summed E-state index contributed by atoms with van der Waals surface area (Å²) in [6.07, 6.45) is 7.58. The number of benzene rings is 2. The molecule has 1 aliphatic rings. The molecule has 0 fully saturated rings. The van der Waals surface area contributed by atoms with Gasteiger partial charge in [-0.15, -0.1) is 0 Å². The molecule has 6 heteroatoms. The third kappa shape index (κ3) is 6.47. The number of anilines is 1. The second-order valence-electron chi connectivity index (χ2n) is 9.28. The molecule has 184 valence electrons. The van der Waals surface area contributed by atoms with E-state index in [1.54, 1.807) is 6.92 Å². The Labute approximate surface area is 209 Å². The van der Waals surface area contributed by atoms with Crippen LogP contribution < -0.4 is 11.5 Å². The average molecular weight is 472 g/mol. The van der Waals surface area contributed by atoms with Crippen LogP contribution in [-0.2, 0) is 4.74 Å². The topological polar surface area (TPSA) is 98.3 Å². The van der Waals surface area contributed by atoms with E-state index in [-0.39, 0.29) is 0 Å². The zero-order valence-electron chi connectivity index (χ0n) is 21.3. The van der Waals surface area contributed by atoms with Gasteiger partial charge in [0, 0.05) is 23.7 Å². The normalized spacial score (nSPS) is 18.7. The Kier molecular flexibility index (Phi) is 8.63. The van der Waals surface area contributed by atoms with E-state index in [4.69, 9.17) is 21.2 Å². The van der Waals surface area contributed by atoms with Crippen LogP contribution in [0.4, 0.5) is 11.4 Å². The quantitative estimate of drug-likeness (QED) is 0.316. The highest BCUT2D eigenvalue weighted by atomic mass is 16.5. The third-order valence-corrected chi connectivity index (χ3v) is 6.03. The Morgan fingerprint density at radius 2 is 1.86 bits per heavy atom. The molecule has 0 aromatic heterocycles. The van der Waals surface area contributed by atoms with E-state index in [1.165, 1.54) is 11.8 Å². The molecular weight excluding hydrogens is 434 g/mol. The molecule has 1 aliphatic heterocycles. The first-order valence-corrected chi connectivity index (χ1v) is 12.2. The fourth-order valence-corrected chi connectivity index (χ4v) is 4.26. The number of hydrogen-bond donors (Lipinski definition) is 2. The standard InChI is InChI=1S/C29H37N5O/c1-6-11-21(12-10-19-33-25-14-9-8-13-24(25)31)22-15-17-23(18-16-22)27-29(4,5)35-28(32-7-2)26(34-27)20(3)30/h7-9,13-19,21H,2,6,10-12,30-31H2,1,3-5H3/b26-20-,32-28?,33-19?. The van der Waals surface area contributed by atoms with Gasteiger partial charge in [0.05, 0.1) is 17.1 Å². The van der Waals surface area contributed by atoms with Crippen molar-refractivity contribution in [2.75, 3.05) is 5.73 Å². The maximum Gasteiger partial charge on any atom is 0.242 e. The van der Waals surface area contributed by atoms with Gasteiger partial charge >= 0.3 is 0 Å². The molecular formula is C29H37N5O. The molecule has 1 atom stereocenters. The van der Waals surface area contributed by atoms with E-state index in [2.05, 4.69) is 47.8 Å². The first-order valence-electron chi connectivity index (χ1n) is 12.2. The lowest BCUT2D eigenvalue weighted by Crippen LogP contribution is -2.42. The summed E-state index contributed by atoms with van der Waals surface area (Å²) in [6.45, 7) is 11.7. The minimum atomic E-state index is -0.652. The molecule has 0 bridgehead atoms. The maximum absolute atomic E-state index is 6.17. The average Bonchev–Trinajstić information content (AvgIpc) is 2.82. The van der Waals surface area contributed by atoms with E-state index in [0.29, 0.717) is 28.9 Å². The Bertz CT molecular complexity index is 1150. The van der Waals surface area contributed by atoms with Gasteiger partial charge in [-0.3, -0.25) is 4.99 Å². The molecule has 3 rings (SSSR count). The second-order valence-corrected chi connectivity index (χ2v) is 9.28. The van der Waals surface area contributed by atoms with Crippen molar-refractivity contribution in [1.82, 2.24) is 0 Å². The Morgan fingerprint density at radius 1 is 1.14 bits per heavy atom. The molecule has 2 aromatic carbocycles. The summed E-state index contributed by atoms with van der Waals surface area (Å²) in [7, 11) is 0. The lowest BCUT2D eigenvalue weighted by atomic mass is 9.87. The van der Waals surface area contributed by atoms with Crippen LogP contribution in [0.3, 0.4) is 0 Å². The van der Waals surface area contributed by atoms with Gasteiger partial charge in [-0.1, -0.05) is 56.3 Å². The van der Waals surface area contributed by atoms with Crippen molar-refractivity contribution in [2.45, 2.75) is 64.9 Å². The Morgan fingerprint density at radius 3 is 2.49 bits per heavy atom. The highest BCUT2D eigenvalue weighted by Gasteiger charge is 2.36. The molecule has 6 nitrogen and oxygen atoms in total. The van der Waals surface area contributed by atoms with Gasteiger partial charge in [0.2, 0.25) is 5.90 Å². The summed E-state index contributed by atoms with van der Waals surface area (Å²) in [6, 6.07) is 16.3. The molecule has 0 radical (unpaired) electrons. The summed E-state index contributed by atoms with van der Waals surface area (Å²) in [5.74, 6) is 0.853. The second kappa shape index (κ2) is 11.6. The number of allylic oxidation sites excluding steroid dienone is 1. The molecule has 0 saturated carbocycles. The molecule has 0 spiro atoms. The monoisotopic (exact) mass is 471 g/mol. The molecule has 0 saturated heterocycles. The predicted molar refractivity (Wildman–Crippen MR) is 149 cm³/mol. The van der Waals surface area contributed by atoms with Crippen LogP contribution in [0.5, 0.6) is 0 Å². The summed E-state index contributed by atoms with van der Waals surface area (Å²) in [4.78, 5) is 13.6. The van der Waals surface area contributed by atoms with Crippen molar-refractivity contribution >= 4 is 29.2 Å². The fraction of sp³-hybridized carbons (Fsp3) is 0.345. The van der Waals surface area contributed by atoms with Crippen molar-refractivity contribution in [3.63, 3.8) is 0 Å². The molecule has 1 unspecified atom stereocenters. The highest BCUT2D eigenvalue weighted by Crippen LogP contribution is 2.31. The van der Waals surface area contributed by atoms with Crippen LogP contribution in [0.25, 0.3) is 0 Å². The number of para-hydroxylation sites is 2. The molecule has 1 heterocycles. The van der Waals surface area contributed by atoms with Gasteiger partial charge in [-0.25, -0.2) is 9.98 Å². The zero-order valence-corrected chi connectivity index (χ0v) is 21.3. The van der Waals surface area contributed by atoms with Crippen molar-refractivity contribution < 1.29 is 4.74 Å². The van der Waals surface area contributed by atoms with Crippen molar-refractivity contribution in [2.24, 2.45) is 20.7 Å². The lowest BCUT2D eigenvalue weighted by molar-refractivity contribution is 0.164. The SMILES string of the molecule is C=CN=C1OC(C)(C)C(c2ccc(C(CCC)CCC=Nc3ccccc3N)cc2)=N/C1=C(/C)N. The van der Waals surface area contributed by atoms with Crippen LogP contribution in [-0.4, -0.2) is 23.4 Å². The van der Waals surface area contributed by atoms with E-state index in [0.717, 1.165) is 42.6 Å². The van der Waals surface area contributed by atoms with Crippen LogP contribution in [0.2, 0.25) is 0 Å². The van der Waals surface area contributed by atoms with Gasteiger partial charge in [0.1, 0.15) is 11.3 Å². The number of nitrogens with two attached hydrogens (primary N) is 2. The van der Waals surface area contributed by atoms with Crippen LogP contribution in [0, 0.1) is 0 Å². The van der Waals surface area contributed by atoms with E-state index in [9.17, 15) is 0 Å². The zero-order chi connectivity index (χ0) is 25.4. The minimum Gasteiger partial charge on any atom is -0.464 e. The molecule has 2 aromatic rings. The van der Waals surface area contributed by atoms with Crippen LogP contribution in [0.15, 0.2) is 87.7 Å². The molecule has 0 amide bonds. The Hall–Kier alpha value is -3.67. The van der Waals surface area contributed by atoms with Gasteiger partial charge < -0.3 is 16.2 Å². The predicted octanol–water partition coefficient (Wildman–Crippen LogP) is 6.67. The van der Waals surface area contributed by atoms with E-state index >= 15 is 0 Å². The summed E-state index contributed by atoms with van der Waals surface area (Å²) < 4.78 is 6.17. The van der Waals surface area contributed by atoms with Crippen molar-refractivity contribution in [3.8, 4) is 0 Å². The molecule has 4 N–H and O–H groups in total. The minimum absolute atomic E-state index is 0.396. The molecule has 35 heavy (non-hydrogen) atoms. The number of aliphatic imine (C=N–C) groups is 3. The van der Waals surface area contributed by atoms with Crippen LogP contribution >= 0.6 is 0 Å². The maximum atomic E-state index is 6.17. The number of nitrogens with zero attached hydrogens (tertiary/aromatic N) is 3. The number of hydrogen-bond acceptors (Lipinski definition) is 6. The highest BCUT2D eigenvalue weighted by molar-refractivity contribution is 6.13. The summed E-state index contributed by atoms with van der Waals surface area (Å²) in [5.41, 5.74) is 17.2. The van der Waals surface area contributed by atoms with Gasteiger partial charge in [0.15, 0.2) is 0 Å². The number of ether oxygens (including phenoxy) is 1. The largest absolute Gasteiger partial charge is 0.464 e. The van der Waals surface area contributed by atoms with E-state index < -0.39 is 5.60 Å². The lowest BCUT2D eigenvalue weighted by Gasteiger charge is -2.33. The van der Waals surface area contributed by atoms with Crippen LogP contribution in [0.1, 0.15) is 70.4 Å². The number of nitrogen functional groups attached to an aromatic ring is 1.